The predicted octanol–water partition coefficient (Wildman–Crippen LogP) is 2.96. The van der Waals surface area contributed by atoms with Crippen molar-refractivity contribution in [1.29, 1.82) is 0 Å². The zero-order chi connectivity index (χ0) is 11.5. The molecule has 1 aliphatic heterocycles. The van der Waals surface area contributed by atoms with Crippen LogP contribution < -0.4 is 9.64 Å². The highest BCUT2D eigenvalue weighted by Gasteiger charge is 2.21. The molecule has 0 atom stereocenters. The first-order chi connectivity index (χ1) is 7.72. The van der Waals surface area contributed by atoms with Crippen molar-refractivity contribution in [3.63, 3.8) is 0 Å². The third-order valence-corrected chi connectivity index (χ3v) is 2.72. The van der Waals surface area contributed by atoms with E-state index in [0.29, 0.717) is 6.61 Å². The van der Waals surface area contributed by atoms with Gasteiger partial charge in [0.15, 0.2) is 11.6 Å². The average molecular weight is 227 g/mol. The lowest BCUT2D eigenvalue weighted by atomic mass is 10.2. The molecule has 1 aliphatic rings. The molecule has 88 valence electrons. The molecule has 1 saturated heterocycles. The van der Waals surface area contributed by atoms with Gasteiger partial charge in [0.2, 0.25) is 0 Å². The molecule has 2 rings (SSSR count). The van der Waals surface area contributed by atoms with Crippen LogP contribution in [0.25, 0.3) is 0 Å². The molecule has 0 aliphatic carbocycles. The van der Waals surface area contributed by atoms with Crippen molar-refractivity contribution in [1.82, 2.24) is 0 Å². The highest BCUT2D eigenvalue weighted by atomic mass is 19.1. The summed E-state index contributed by atoms with van der Waals surface area (Å²) in [7, 11) is 0. The molecule has 0 aromatic heterocycles. The Bertz CT molecular complexity index is 352. The van der Waals surface area contributed by atoms with E-state index in [1.165, 1.54) is 12.1 Å². The highest BCUT2D eigenvalue weighted by molar-refractivity contribution is 5.52. The maximum absolute atomic E-state index is 13.7. The summed E-state index contributed by atoms with van der Waals surface area (Å²) in [5.41, 5.74) is 0.0842. The normalized spacial score (nSPS) is 15.6. The van der Waals surface area contributed by atoms with Crippen molar-refractivity contribution < 1.29 is 13.5 Å². The molecule has 4 heteroatoms. The number of benzene rings is 1. The minimum Gasteiger partial charge on any atom is -0.494 e. The Hall–Kier alpha value is -1.32. The molecule has 0 saturated carbocycles. The molecule has 1 aromatic rings. The first-order valence-electron chi connectivity index (χ1n) is 5.59. The van der Waals surface area contributed by atoms with E-state index in [1.807, 2.05) is 0 Å². The van der Waals surface area contributed by atoms with Crippen molar-refractivity contribution in [2.75, 3.05) is 24.6 Å². The van der Waals surface area contributed by atoms with Crippen LogP contribution in [-0.4, -0.2) is 19.7 Å². The lowest BCUT2D eigenvalue weighted by molar-refractivity contribution is 0.336. The molecule has 2 nitrogen and oxygen atoms in total. The first kappa shape index (κ1) is 11.2. The van der Waals surface area contributed by atoms with E-state index in [1.54, 1.807) is 11.8 Å². The molecular weight excluding hydrogens is 212 g/mol. The second kappa shape index (κ2) is 4.68. The van der Waals surface area contributed by atoms with Crippen LogP contribution in [0, 0.1) is 11.6 Å². The zero-order valence-corrected chi connectivity index (χ0v) is 9.30. The van der Waals surface area contributed by atoms with Crippen molar-refractivity contribution in [3.05, 3.63) is 23.8 Å². The van der Waals surface area contributed by atoms with Gasteiger partial charge in [0.25, 0.3) is 0 Å². The average Bonchev–Trinajstić information content (AvgIpc) is 2.70. The number of hydrogen-bond acceptors (Lipinski definition) is 2. The summed E-state index contributed by atoms with van der Waals surface area (Å²) in [6.45, 7) is 3.63. The minimum absolute atomic E-state index is 0.0842. The first-order valence-corrected chi connectivity index (χ1v) is 5.59. The van der Waals surface area contributed by atoms with Crippen LogP contribution in [0.5, 0.6) is 5.75 Å². The van der Waals surface area contributed by atoms with Crippen LogP contribution in [0.4, 0.5) is 14.5 Å². The van der Waals surface area contributed by atoms with Gasteiger partial charge >= 0.3 is 0 Å². The molecule has 0 N–H and O–H groups in total. The van der Waals surface area contributed by atoms with Gasteiger partial charge in [-0.1, -0.05) is 0 Å². The Labute approximate surface area is 93.8 Å². The monoisotopic (exact) mass is 227 g/mol. The molecule has 0 bridgehead atoms. The van der Waals surface area contributed by atoms with Gasteiger partial charge in [-0.2, -0.15) is 0 Å². The van der Waals surface area contributed by atoms with Crippen molar-refractivity contribution in [3.8, 4) is 5.75 Å². The van der Waals surface area contributed by atoms with Gasteiger partial charge < -0.3 is 9.64 Å². The highest BCUT2D eigenvalue weighted by Crippen LogP contribution is 2.30. The summed E-state index contributed by atoms with van der Waals surface area (Å²) in [6, 6.07) is 2.50. The Kier molecular flexibility index (Phi) is 3.27. The van der Waals surface area contributed by atoms with Crippen LogP contribution in [0.15, 0.2) is 12.1 Å². The van der Waals surface area contributed by atoms with Crippen LogP contribution in [-0.2, 0) is 0 Å². The van der Waals surface area contributed by atoms with Gasteiger partial charge in [0.1, 0.15) is 11.4 Å². The molecular formula is C12H15F2NO. The Morgan fingerprint density at radius 3 is 2.25 bits per heavy atom. The lowest BCUT2D eigenvalue weighted by Gasteiger charge is -2.19. The predicted molar refractivity (Wildman–Crippen MR) is 59.0 cm³/mol. The van der Waals surface area contributed by atoms with Gasteiger partial charge in [-0.15, -0.1) is 0 Å². The number of rotatable bonds is 3. The summed E-state index contributed by atoms with van der Waals surface area (Å²) in [5.74, 6) is -0.823. The summed E-state index contributed by atoms with van der Waals surface area (Å²) >= 11 is 0. The van der Waals surface area contributed by atoms with Crippen LogP contribution in [0.2, 0.25) is 0 Å². The zero-order valence-electron chi connectivity index (χ0n) is 9.30. The minimum atomic E-state index is -0.537. The molecule has 1 heterocycles. The lowest BCUT2D eigenvalue weighted by Crippen LogP contribution is -2.20. The summed E-state index contributed by atoms with van der Waals surface area (Å²) in [6.07, 6.45) is 1.98. The molecule has 1 aromatic carbocycles. The van der Waals surface area contributed by atoms with Crippen LogP contribution >= 0.6 is 0 Å². The number of ether oxygens (including phenoxy) is 1. The third kappa shape index (κ3) is 2.10. The van der Waals surface area contributed by atoms with E-state index >= 15 is 0 Å². The van der Waals surface area contributed by atoms with E-state index in [0.717, 1.165) is 25.9 Å². The van der Waals surface area contributed by atoms with E-state index in [4.69, 9.17) is 4.74 Å². The number of anilines is 1. The Balaban J connectivity index is 2.31. The fourth-order valence-corrected chi connectivity index (χ4v) is 2.04. The maximum atomic E-state index is 13.7. The largest absolute Gasteiger partial charge is 0.494 e. The van der Waals surface area contributed by atoms with Gasteiger partial charge in [-0.05, 0) is 19.8 Å². The van der Waals surface area contributed by atoms with Gasteiger partial charge in [0, 0.05) is 25.2 Å². The van der Waals surface area contributed by atoms with Crippen LogP contribution in [0.3, 0.4) is 0 Å². The fourth-order valence-electron chi connectivity index (χ4n) is 2.04. The standard InChI is InChI=1S/C12H15F2NO/c1-2-16-9-7-10(13)12(11(14)8-9)15-5-3-4-6-15/h7-8H,2-6H2,1H3. The SMILES string of the molecule is CCOc1cc(F)c(N2CCCC2)c(F)c1. The van der Waals surface area contributed by atoms with Gasteiger partial charge in [-0.25, -0.2) is 8.78 Å². The van der Waals surface area contributed by atoms with Crippen molar-refractivity contribution in [2.45, 2.75) is 19.8 Å². The summed E-state index contributed by atoms with van der Waals surface area (Å²) in [4.78, 5) is 1.75. The number of nitrogens with zero attached hydrogens (tertiary/aromatic N) is 1. The number of halogens is 2. The number of hydrogen-bond donors (Lipinski definition) is 0. The molecule has 0 spiro atoms. The maximum Gasteiger partial charge on any atom is 0.153 e. The topological polar surface area (TPSA) is 12.5 Å². The second-order valence-corrected chi connectivity index (χ2v) is 3.86. The Morgan fingerprint density at radius 2 is 1.75 bits per heavy atom. The smallest absolute Gasteiger partial charge is 0.153 e. The van der Waals surface area contributed by atoms with Crippen molar-refractivity contribution >= 4 is 5.69 Å². The molecule has 0 amide bonds. The fraction of sp³-hybridized carbons (Fsp3) is 0.500. The molecule has 0 unspecified atom stereocenters. The summed E-state index contributed by atoms with van der Waals surface area (Å²) < 4.78 is 32.5. The van der Waals surface area contributed by atoms with E-state index in [9.17, 15) is 8.78 Å². The summed E-state index contributed by atoms with van der Waals surface area (Å²) in [5, 5.41) is 0. The quantitative estimate of drug-likeness (QED) is 0.787. The van der Waals surface area contributed by atoms with E-state index in [2.05, 4.69) is 0 Å². The third-order valence-electron chi connectivity index (χ3n) is 2.72. The van der Waals surface area contributed by atoms with Gasteiger partial charge in [-0.3, -0.25) is 0 Å². The van der Waals surface area contributed by atoms with Crippen LogP contribution in [0.1, 0.15) is 19.8 Å². The van der Waals surface area contributed by atoms with Gasteiger partial charge in [0.05, 0.1) is 6.61 Å². The molecule has 1 fully saturated rings. The van der Waals surface area contributed by atoms with E-state index < -0.39 is 11.6 Å². The molecule has 16 heavy (non-hydrogen) atoms. The van der Waals surface area contributed by atoms with Crippen molar-refractivity contribution in [2.24, 2.45) is 0 Å². The second-order valence-electron chi connectivity index (χ2n) is 3.86. The van der Waals surface area contributed by atoms with E-state index in [-0.39, 0.29) is 11.4 Å². The Morgan fingerprint density at radius 1 is 1.19 bits per heavy atom. The molecule has 0 radical (unpaired) electrons.